The molecule has 0 aromatic heterocycles. The maximum Gasteiger partial charge on any atom is 0.313 e. The predicted octanol–water partition coefficient (Wildman–Crippen LogP) is 5.10. The van der Waals surface area contributed by atoms with Crippen molar-refractivity contribution in [3.8, 4) is 0 Å². The molecular formula is C40H55NO13. The Labute approximate surface area is 317 Å². The Hall–Kier alpha value is -6.05. The van der Waals surface area contributed by atoms with Crippen molar-refractivity contribution in [1.29, 1.82) is 0 Å². The van der Waals surface area contributed by atoms with Crippen LogP contribution in [0, 0.1) is 0 Å². The molecule has 2 rings (SSSR count). The van der Waals surface area contributed by atoms with Crippen LogP contribution in [0.2, 0.25) is 0 Å². The molecule has 0 aliphatic heterocycles. The van der Waals surface area contributed by atoms with Crippen molar-refractivity contribution < 1.29 is 62.2 Å². The quantitative estimate of drug-likeness (QED) is 0.129. The highest BCUT2D eigenvalue weighted by atomic mass is 16.5. The Morgan fingerprint density at radius 3 is 1.11 bits per heavy atom. The van der Waals surface area contributed by atoms with Gasteiger partial charge in [0.15, 0.2) is 5.78 Å². The lowest BCUT2D eigenvalue weighted by molar-refractivity contribution is -0.147. The molecule has 0 spiro atoms. The fraction of sp³-hybridized carbons (Fsp3) is 0.375. The van der Waals surface area contributed by atoms with Gasteiger partial charge in [0.05, 0.1) is 20.0 Å². The topological polar surface area (TPSA) is 232 Å². The number of carbonyl (C=O) groups is 11. The van der Waals surface area contributed by atoms with Crippen LogP contribution in [0.3, 0.4) is 0 Å². The zero-order chi connectivity index (χ0) is 43.2. The molecule has 14 heteroatoms. The highest BCUT2D eigenvalue weighted by Gasteiger charge is 2.07. The lowest BCUT2D eigenvalue weighted by Crippen LogP contribution is -2.08. The summed E-state index contributed by atoms with van der Waals surface area (Å²) in [5.74, 6) is -1.77. The summed E-state index contributed by atoms with van der Waals surface area (Å²) in [7, 11) is 1.26. The van der Waals surface area contributed by atoms with Crippen molar-refractivity contribution in [2.45, 2.75) is 94.6 Å². The van der Waals surface area contributed by atoms with Crippen molar-refractivity contribution in [2.24, 2.45) is 5.73 Å². The second-order valence-corrected chi connectivity index (χ2v) is 11.2. The third-order valence-corrected chi connectivity index (χ3v) is 4.46. The second kappa shape index (κ2) is 38.2. The number of methoxy groups -OCH3 is 1. The third kappa shape index (κ3) is 61.2. The maximum absolute atomic E-state index is 11.2. The summed E-state index contributed by atoms with van der Waals surface area (Å²) < 4.78 is 9.08. The van der Waals surface area contributed by atoms with E-state index in [-0.39, 0.29) is 78.6 Å². The van der Waals surface area contributed by atoms with Crippen LogP contribution in [0.15, 0.2) is 73.3 Å². The van der Waals surface area contributed by atoms with Crippen LogP contribution in [0.4, 0.5) is 0 Å². The van der Waals surface area contributed by atoms with E-state index in [9.17, 15) is 52.7 Å². The molecule has 0 fully saturated rings. The van der Waals surface area contributed by atoms with Crippen LogP contribution in [-0.4, -0.2) is 71.2 Å². The van der Waals surface area contributed by atoms with Crippen molar-refractivity contribution in [3.63, 3.8) is 0 Å². The summed E-state index contributed by atoms with van der Waals surface area (Å²) in [6.07, 6.45) is 0.882. The SMILES string of the molecule is C=CC(N)=O.CC(=O)CC(=O)OCc1ccccc1.CC(=O)CC(=O)c1ccccc1.CC(=O)CC(C)=O.CC(C)=O.CC(C)=O.COC(=O)CC(C)=O. The molecule has 2 aromatic rings. The number of carbonyl (C=O) groups excluding carboxylic acids is 11. The van der Waals surface area contributed by atoms with Gasteiger partial charge in [-0.15, -0.1) is 0 Å². The van der Waals surface area contributed by atoms with Crippen LogP contribution in [0.5, 0.6) is 0 Å². The first kappa shape index (κ1) is 57.3. The summed E-state index contributed by atoms with van der Waals surface area (Å²) in [6.45, 7) is 16.4. The highest BCUT2D eigenvalue weighted by molar-refractivity contribution is 6.07. The molecule has 0 aliphatic carbocycles. The van der Waals surface area contributed by atoms with Gasteiger partial charge in [0.1, 0.15) is 59.9 Å². The number of rotatable bonds is 12. The number of Topliss-reactive ketones (excluding diaryl/α,β-unsaturated/α-hetero) is 8. The summed E-state index contributed by atoms with van der Waals surface area (Å²) >= 11 is 0. The molecule has 0 saturated carbocycles. The van der Waals surface area contributed by atoms with Crippen LogP contribution < -0.4 is 5.73 Å². The first-order chi connectivity index (χ1) is 24.9. The third-order valence-electron chi connectivity index (χ3n) is 4.46. The minimum Gasteiger partial charge on any atom is -0.469 e. The number of ketones is 8. The molecule has 1 amide bonds. The summed E-state index contributed by atoms with van der Waals surface area (Å²) in [6, 6.07) is 18.2. The van der Waals surface area contributed by atoms with E-state index in [4.69, 9.17) is 4.74 Å². The molecule has 2 N–H and O–H groups in total. The van der Waals surface area contributed by atoms with Crippen molar-refractivity contribution >= 4 is 64.1 Å². The van der Waals surface area contributed by atoms with E-state index in [1.165, 1.54) is 69.4 Å². The van der Waals surface area contributed by atoms with Crippen molar-refractivity contribution in [1.82, 2.24) is 0 Å². The van der Waals surface area contributed by atoms with Crippen molar-refractivity contribution in [2.75, 3.05) is 7.11 Å². The van der Waals surface area contributed by atoms with Gasteiger partial charge in [-0.2, -0.15) is 0 Å². The Bertz CT molecular complexity index is 1460. The van der Waals surface area contributed by atoms with E-state index in [1.54, 1.807) is 24.3 Å². The fourth-order valence-electron chi connectivity index (χ4n) is 2.57. The van der Waals surface area contributed by atoms with Gasteiger partial charge in [-0.1, -0.05) is 67.2 Å². The van der Waals surface area contributed by atoms with Gasteiger partial charge in [0.25, 0.3) is 0 Å². The average molecular weight is 758 g/mol. The lowest BCUT2D eigenvalue weighted by Gasteiger charge is -2.02. The first-order valence-corrected chi connectivity index (χ1v) is 16.1. The van der Waals surface area contributed by atoms with E-state index in [0.29, 0.717) is 5.56 Å². The molecule has 0 atom stereocenters. The van der Waals surface area contributed by atoms with E-state index >= 15 is 0 Å². The Balaban J connectivity index is -0.000000182. The molecular weight excluding hydrogens is 702 g/mol. The van der Waals surface area contributed by atoms with E-state index in [0.717, 1.165) is 11.6 Å². The van der Waals surface area contributed by atoms with Gasteiger partial charge >= 0.3 is 11.9 Å². The maximum atomic E-state index is 11.2. The number of nitrogens with two attached hydrogens (primary N) is 1. The molecule has 0 unspecified atom stereocenters. The van der Waals surface area contributed by atoms with Crippen LogP contribution >= 0.6 is 0 Å². The zero-order valence-electron chi connectivity index (χ0n) is 33.0. The molecule has 54 heavy (non-hydrogen) atoms. The summed E-state index contributed by atoms with van der Waals surface area (Å²) in [5, 5.41) is 0. The highest BCUT2D eigenvalue weighted by Crippen LogP contribution is 2.03. The van der Waals surface area contributed by atoms with Gasteiger partial charge in [-0.3, -0.25) is 43.2 Å². The van der Waals surface area contributed by atoms with Gasteiger partial charge < -0.3 is 24.8 Å². The van der Waals surface area contributed by atoms with E-state index < -0.39 is 17.8 Å². The van der Waals surface area contributed by atoms with Crippen LogP contribution in [0.1, 0.15) is 104 Å². The average Bonchev–Trinajstić information content (AvgIpc) is 3.04. The van der Waals surface area contributed by atoms with E-state index in [1.807, 2.05) is 36.4 Å². The number of ether oxygens (including phenoxy) is 2. The van der Waals surface area contributed by atoms with Gasteiger partial charge in [-0.25, -0.2) is 0 Å². The lowest BCUT2D eigenvalue weighted by atomic mass is 10.1. The monoisotopic (exact) mass is 757 g/mol. The van der Waals surface area contributed by atoms with Gasteiger partial charge in [0, 0.05) is 5.56 Å². The van der Waals surface area contributed by atoms with Gasteiger partial charge in [0.2, 0.25) is 5.91 Å². The molecule has 298 valence electrons. The Kier molecular flexibility index (Phi) is 40.5. The van der Waals surface area contributed by atoms with Crippen LogP contribution in [-0.2, 0) is 64.0 Å². The molecule has 14 nitrogen and oxygen atoms in total. The normalized spacial score (nSPS) is 8.41. The Morgan fingerprint density at radius 2 is 0.852 bits per heavy atom. The molecule has 2 aromatic carbocycles. The minimum absolute atomic E-state index is 0.00398. The number of benzene rings is 2. The van der Waals surface area contributed by atoms with Crippen LogP contribution in [0.25, 0.3) is 0 Å². The summed E-state index contributed by atoms with van der Waals surface area (Å²) in [5.41, 5.74) is 6.06. The number of hydrogen-bond acceptors (Lipinski definition) is 13. The summed E-state index contributed by atoms with van der Waals surface area (Å²) in [4.78, 5) is 112. The number of esters is 2. The molecule has 0 heterocycles. The van der Waals surface area contributed by atoms with Crippen molar-refractivity contribution in [3.05, 3.63) is 84.4 Å². The second-order valence-electron chi connectivity index (χ2n) is 11.2. The minimum atomic E-state index is -0.481. The molecule has 0 saturated heterocycles. The number of primary amides is 1. The Morgan fingerprint density at radius 1 is 0.537 bits per heavy atom. The number of amides is 1. The first-order valence-electron chi connectivity index (χ1n) is 16.1. The predicted molar refractivity (Wildman–Crippen MR) is 203 cm³/mol. The largest absolute Gasteiger partial charge is 0.469 e. The molecule has 0 radical (unpaired) electrons. The molecule has 0 aliphatic rings. The van der Waals surface area contributed by atoms with Gasteiger partial charge in [-0.05, 0) is 74.0 Å². The number of hydrogen-bond donors (Lipinski definition) is 1. The van der Waals surface area contributed by atoms with E-state index in [2.05, 4.69) is 17.0 Å². The fourth-order valence-corrected chi connectivity index (χ4v) is 2.57. The molecule has 0 bridgehead atoms. The standard InChI is InChI=1S/C11H12O3.C10H10O2.C5H8O3.C5H8O2.C3H5NO.2C3H6O/c1-9(12)7-11(13)14-8-10-5-3-2-4-6-10;1-8(11)7-10(12)9-5-3-2-4-6-9;1-4(6)3-5(7)8-2;1-4(6)3-5(2)7;1-2-3(4)5;2*1-3(2)4/h2-6H,7-8H2,1H3;2-6H,7H2,1H3;3H2,1-2H3;3H2,1-2H3;2H,1H2,(H2,4,5);2*1-2H3. The zero-order valence-corrected chi connectivity index (χ0v) is 33.0. The smallest absolute Gasteiger partial charge is 0.313 e.